The number of pyridine rings is 1. The molecule has 7 heteroatoms. The van der Waals surface area contributed by atoms with Crippen molar-refractivity contribution in [1.82, 2.24) is 13.7 Å². The van der Waals surface area contributed by atoms with E-state index in [0.717, 1.165) is 22.9 Å². The number of aromatic nitrogens is 3. The van der Waals surface area contributed by atoms with E-state index in [4.69, 9.17) is 16.9 Å². The van der Waals surface area contributed by atoms with E-state index in [1.54, 1.807) is 24.3 Å². The minimum atomic E-state index is 0.451. The average Bonchev–Trinajstić information content (AvgIpc) is 2.91. The summed E-state index contributed by atoms with van der Waals surface area (Å²) in [5.41, 5.74) is 3.31. The molecule has 5 nitrogen and oxygen atoms in total. The molecule has 0 amide bonds. The number of nitriles is 1. The van der Waals surface area contributed by atoms with Crippen LogP contribution in [0.25, 0.3) is 11.0 Å². The maximum absolute atomic E-state index is 9.14. The Hall–Kier alpha value is -2.23. The SMILES string of the molecule is Cc1ccc(C#N)c(Nc2c(Cl)ccc3nsnc23)n1. The number of hydrogen-bond acceptors (Lipinski definition) is 6. The lowest BCUT2D eigenvalue weighted by atomic mass is 10.2. The molecule has 20 heavy (non-hydrogen) atoms. The van der Waals surface area contributed by atoms with Gasteiger partial charge in [0.25, 0.3) is 0 Å². The van der Waals surface area contributed by atoms with Gasteiger partial charge in [0.1, 0.15) is 22.9 Å². The first-order valence-electron chi connectivity index (χ1n) is 5.74. The lowest BCUT2D eigenvalue weighted by Crippen LogP contribution is -1.99. The fraction of sp³-hybridized carbons (Fsp3) is 0.0769. The molecule has 0 atom stereocenters. The van der Waals surface area contributed by atoms with Crippen molar-refractivity contribution in [3.63, 3.8) is 0 Å². The molecular formula is C13H8ClN5S. The van der Waals surface area contributed by atoms with Crippen LogP contribution in [0, 0.1) is 18.3 Å². The molecule has 0 saturated heterocycles. The Morgan fingerprint density at radius 2 is 2.10 bits per heavy atom. The number of nitrogens with zero attached hydrogens (tertiary/aromatic N) is 4. The second kappa shape index (κ2) is 5.04. The molecule has 2 aromatic heterocycles. The van der Waals surface area contributed by atoms with Crippen molar-refractivity contribution in [3.8, 4) is 6.07 Å². The topological polar surface area (TPSA) is 74.5 Å². The smallest absolute Gasteiger partial charge is 0.148 e. The number of fused-ring (bicyclic) bond motifs is 1. The fourth-order valence-electron chi connectivity index (χ4n) is 1.81. The summed E-state index contributed by atoms with van der Waals surface area (Å²) in [5, 5.41) is 12.8. The van der Waals surface area contributed by atoms with Crippen LogP contribution in [0.5, 0.6) is 0 Å². The summed E-state index contributed by atoms with van der Waals surface area (Å²) in [6, 6.07) is 9.16. The standard InChI is InChI=1S/C13H8ClN5S/c1-7-2-3-8(6-15)13(16-7)17-11-9(14)4-5-10-12(11)19-20-18-10/h2-5H,1H3,(H,16,17). The highest BCUT2D eigenvalue weighted by molar-refractivity contribution is 7.00. The van der Waals surface area contributed by atoms with Gasteiger partial charge in [0.2, 0.25) is 0 Å². The molecule has 1 aromatic carbocycles. The van der Waals surface area contributed by atoms with Gasteiger partial charge in [-0.2, -0.15) is 14.0 Å². The third-order valence-corrected chi connectivity index (χ3v) is 3.63. The van der Waals surface area contributed by atoms with Crippen LogP contribution in [-0.2, 0) is 0 Å². The summed E-state index contributed by atoms with van der Waals surface area (Å²) < 4.78 is 8.40. The molecule has 0 aliphatic rings. The lowest BCUT2D eigenvalue weighted by Gasteiger charge is -2.10. The zero-order chi connectivity index (χ0) is 14.1. The number of anilines is 2. The Morgan fingerprint density at radius 1 is 1.25 bits per heavy atom. The number of halogens is 1. The number of nitrogens with one attached hydrogen (secondary N) is 1. The van der Waals surface area contributed by atoms with Gasteiger partial charge in [-0.25, -0.2) is 4.98 Å². The summed E-state index contributed by atoms with van der Waals surface area (Å²) in [4.78, 5) is 4.33. The molecule has 1 N–H and O–H groups in total. The van der Waals surface area contributed by atoms with Crippen LogP contribution >= 0.6 is 23.3 Å². The van der Waals surface area contributed by atoms with Gasteiger partial charge in [0.05, 0.1) is 28.0 Å². The molecule has 2 heterocycles. The van der Waals surface area contributed by atoms with E-state index in [1.807, 2.05) is 6.92 Å². The van der Waals surface area contributed by atoms with E-state index < -0.39 is 0 Å². The summed E-state index contributed by atoms with van der Waals surface area (Å²) in [5.74, 6) is 0.468. The Bertz CT molecular complexity index is 836. The van der Waals surface area contributed by atoms with Gasteiger partial charge < -0.3 is 5.32 Å². The summed E-state index contributed by atoms with van der Waals surface area (Å²) >= 11 is 7.32. The Labute approximate surface area is 124 Å². The van der Waals surface area contributed by atoms with Crippen LogP contribution in [0.3, 0.4) is 0 Å². The van der Waals surface area contributed by atoms with Crippen molar-refractivity contribution < 1.29 is 0 Å². The highest BCUT2D eigenvalue weighted by atomic mass is 35.5. The molecule has 3 rings (SSSR count). The Balaban J connectivity index is 2.14. The Kier molecular flexibility index (Phi) is 3.22. The van der Waals surface area contributed by atoms with E-state index in [-0.39, 0.29) is 0 Å². The third-order valence-electron chi connectivity index (χ3n) is 2.78. The van der Waals surface area contributed by atoms with Gasteiger partial charge >= 0.3 is 0 Å². The van der Waals surface area contributed by atoms with Gasteiger partial charge in [-0.15, -0.1) is 0 Å². The van der Waals surface area contributed by atoms with E-state index >= 15 is 0 Å². The van der Waals surface area contributed by atoms with Crippen molar-refractivity contribution in [2.75, 3.05) is 5.32 Å². The first-order valence-corrected chi connectivity index (χ1v) is 6.85. The van der Waals surface area contributed by atoms with Gasteiger partial charge in [0.15, 0.2) is 0 Å². The first-order chi connectivity index (χ1) is 9.69. The van der Waals surface area contributed by atoms with Crippen LogP contribution in [0.15, 0.2) is 24.3 Å². The molecular weight excluding hydrogens is 294 g/mol. The van der Waals surface area contributed by atoms with E-state index in [0.29, 0.717) is 27.6 Å². The number of rotatable bonds is 2. The van der Waals surface area contributed by atoms with Crippen molar-refractivity contribution in [2.45, 2.75) is 6.92 Å². The third kappa shape index (κ3) is 2.18. The number of benzene rings is 1. The van der Waals surface area contributed by atoms with Crippen LogP contribution < -0.4 is 5.32 Å². The highest BCUT2D eigenvalue weighted by Gasteiger charge is 2.13. The first kappa shape index (κ1) is 12.8. The minimum absolute atomic E-state index is 0.451. The number of aryl methyl sites for hydroxylation is 1. The average molecular weight is 302 g/mol. The molecule has 0 aliphatic carbocycles. The van der Waals surface area contributed by atoms with Gasteiger partial charge in [-0.1, -0.05) is 11.6 Å². The largest absolute Gasteiger partial charge is 0.336 e. The molecule has 0 spiro atoms. The van der Waals surface area contributed by atoms with Crippen molar-refractivity contribution in [1.29, 1.82) is 5.26 Å². The fourth-order valence-corrected chi connectivity index (χ4v) is 2.55. The van der Waals surface area contributed by atoms with Crippen LogP contribution in [0.2, 0.25) is 5.02 Å². The molecule has 98 valence electrons. The summed E-state index contributed by atoms with van der Waals surface area (Å²) in [6.07, 6.45) is 0. The van der Waals surface area contributed by atoms with Gasteiger partial charge in [0, 0.05) is 5.69 Å². The summed E-state index contributed by atoms with van der Waals surface area (Å²) in [7, 11) is 0. The zero-order valence-electron chi connectivity index (χ0n) is 10.4. The Morgan fingerprint density at radius 3 is 2.90 bits per heavy atom. The highest BCUT2D eigenvalue weighted by Crippen LogP contribution is 2.32. The quantitative estimate of drug-likeness (QED) is 0.781. The maximum atomic E-state index is 9.14. The predicted molar refractivity (Wildman–Crippen MR) is 79.4 cm³/mol. The minimum Gasteiger partial charge on any atom is -0.336 e. The predicted octanol–water partition coefficient (Wildman–Crippen LogP) is 3.66. The van der Waals surface area contributed by atoms with E-state index in [1.165, 1.54) is 0 Å². The van der Waals surface area contributed by atoms with Crippen molar-refractivity contribution in [2.24, 2.45) is 0 Å². The van der Waals surface area contributed by atoms with Gasteiger partial charge in [-0.3, -0.25) is 0 Å². The molecule has 0 bridgehead atoms. The number of hydrogen-bond donors (Lipinski definition) is 1. The molecule has 3 aromatic rings. The zero-order valence-corrected chi connectivity index (χ0v) is 12.0. The second-order valence-electron chi connectivity index (χ2n) is 4.14. The molecule has 0 unspecified atom stereocenters. The molecule has 0 aliphatic heterocycles. The molecule has 0 fully saturated rings. The second-order valence-corrected chi connectivity index (χ2v) is 5.08. The van der Waals surface area contributed by atoms with E-state index in [2.05, 4.69) is 25.1 Å². The van der Waals surface area contributed by atoms with Crippen LogP contribution in [0.1, 0.15) is 11.3 Å². The lowest BCUT2D eigenvalue weighted by molar-refractivity contribution is 1.19. The van der Waals surface area contributed by atoms with Crippen molar-refractivity contribution in [3.05, 3.63) is 40.5 Å². The van der Waals surface area contributed by atoms with E-state index in [9.17, 15) is 0 Å². The maximum Gasteiger partial charge on any atom is 0.148 e. The monoisotopic (exact) mass is 301 g/mol. The molecule has 0 radical (unpaired) electrons. The van der Waals surface area contributed by atoms with Crippen molar-refractivity contribution >= 4 is 45.9 Å². The normalized spacial score (nSPS) is 10.4. The van der Waals surface area contributed by atoms with Crippen LogP contribution in [0.4, 0.5) is 11.5 Å². The summed E-state index contributed by atoms with van der Waals surface area (Å²) in [6.45, 7) is 1.86. The van der Waals surface area contributed by atoms with Gasteiger partial charge in [-0.05, 0) is 31.2 Å². The molecule has 0 saturated carbocycles. The van der Waals surface area contributed by atoms with Crippen LogP contribution in [-0.4, -0.2) is 13.7 Å².